The van der Waals surface area contributed by atoms with Crippen LogP contribution in [0.1, 0.15) is 49.0 Å². The van der Waals surface area contributed by atoms with Gasteiger partial charge in [-0.15, -0.1) is 0 Å². The van der Waals surface area contributed by atoms with Crippen molar-refractivity contribution in [2.45, 2.75) is 45.7 Å². The van der Waals surface area contributed by atoms with Crippen molar-refractivity contribution in [3.8, 4) is 0 Å². The Morgan fingerprint density at radius 3 is 2.56 bits per heavy atom. The highest BCUT2D eigenvalue weighted by Crippen LogP contribution is 2.37. The number of nitrogens with zero attached hydrogens (tertiary/aromatic N) is 2. The summed E-state index contributed by atoms with van der Waals surface area (Å²) >= 11 is 12.4. The Morgan fingerprint density at radius 1 is 1.08 bits per heavy atom. The summed E-state index contributed by atoms with van der Waals surface area (Å²) in [6, 6.07) is 16.0. The third-order valence-corrected chi connectivity index (χ3v) is 7.08. The van der Waals surface area contributed by atoms with E-state index in [0.717, 1.165) is 22.9 Å². The first-order chi connectivity index (χ1) is 17.3. The van der Waals surface area contributed by atoms with Crippen LogP contribution in [0.2, 0.25) is 10.0 Å². The highest BCUT2D eigenvalue weighted by molar-refractivity contribution is 6.35. The topological polar surface area (TPSA) is 69.7 Å². The van der Waals surface area contributed by atoms with Crippen molar-refractivity contribution < 1.29 is 14.4 Å². The molecule has 0 saturated carbocycles. The Morgan fingerprint density at radius 2 is 1.83 bits per heavy atom. The van der Waals surface area contributed by atoms with Crippen molar-refractivity contribution >= 4 is 57.4 Å². The number of hydrogen-bond acceptors (Lipinski definition) is 3. The Labute approximate surface area is 221 Å². The number of anilines is 1. The summed E-state index contributed by atoms with van der Waals surface area (Å²) in [5.41, 5.74) is 2.27. The van der Waals surface area contributed by atoms with Gasteiger partial charge in [-0.1, -0.05) is 60.5 Å². The van der Waals surface area contributed by atoms with Crippen LogP contribution in [0.3, 0.4) is 0 Å². The van der Waals surface area contributed by atoms with Crippen molar-refractivity contribution in [3.05, 3.63) is 75.8 Å². The third-order valence-electron chi connectivity index (χ3n) is 6.49. The van der Waals surface area contributed by atoms with Crippen LogP contribution in [0, 0.1) is 0 Å². The maximum atomic E-state index is 13.4. The Hall–Kier alpha value is -3.09. The Balaban J connectivity index is 1.47. The second kappa shape index (κ2) is 11.3. The minimum Gasteiger partial charge on any atom is -0.354 e. The molecule has 1 heterocycles. The number of halogens is 2. The molecule has 0 bridgehead atoms. The molecule has 0 radical (unpaired) electrons. The molecule has 0 spiro atoms. The molecule has 1 aliphatic heterocycles. The highest BCUT2D eigenvalue weighted by Gasteiger charge is 2.30. The summed E-state index contributed by atoms with van der Waals surface area (Å²) in [5, 5.41) is 5.78. The second-order valence-electron chi connectivity index (χ2n) is 8.97. The Kier molecular flexibility index (Phi) is 8.17. The minimum atomic E-state index is -0.679. The van der Waals surface area contributed by atoms with E-state index in [1.54, 1.807) is 34.9 Å². The van der Waals surface area contributed by atoms with Crippen LogP contribution in [-0.2, 0) is 16.1 Å². The van der Waals surface area contributed by atoms with Crippen LogP contribution in [0.5, 0.6) is 0 Å². The quantitative estimate of drug-likeness (QED) is 0.362. The molecule has 1 N–H and O–H groups in total. The van der Waals surface area contributed by atoms with Crippen LogP contribution < -0.4 is 10.2 Å². The molecule has 36 heavy (non-hydrogen) atoms. The first-order valence-electron chi connectivity index (χ1n) is 12.2. The molecular weight excluding hydrogens is 497 g/mol. The van der Waals surface area contributed by atoms with Gasteiger partial charge in [-0.2, -0.15) is 0 Å². The average molecular weight is 526 g/mol. The van der Waals surface area contributed by atoms with E-state index in [4.69, 9.17) is 23.2 Å². The van der Waals surface area contributed by atoms with Gasteiger partial charge in [0.15, 0.2) is 0 Å². The minimum absolute atomic E-state index is 0.0497. The number of benzene rings is 3. The molecular formula is C28H29Cl2N3O3. The van der Waals surface area contributed by atoms with Gasteiger partial charge < -0.3 is 15.1 Å². The van der Waals surface area contributed by atoms with Gasteiger partial charge in [-0.3, -0.25) is 14.4 Å². The summed E-state index contributed by atoms with van der Waals surface area (Å²) in [6.45, 7) is 4.82. The predicted octanol–water partition coefficient (Wildman–Crippen LogP) is 5.83. The lowest BCUT2D eigenvalue weighted by Gasteiger charge is -2.29. The number of carbonyl (C=O) groups is 3. The van der Waals surface area contributed by atoms with Crippen LogP contribution in [-0.4, -0.2) is 41.8 Å². The molecule has 8 heteroatoms. The molecule has 0 fully saturated rings. The summed E-state index contributed by atoms with van der Waals surface area (Å²) in [7, 11) is 0. The predicted molar refractivity (Wildman–Crippen MR) is 145 cm³/mol. The molecule has 0 saturated heterocycles. The van der Waals surface area contributed by atoms with Crippen molar-refractivity contribution in [2.24, 2.45) is 0 Å². The molecule has 6 nitrogen and oxygen atoms in total. The fourth-order valence-electron chi connectivity index (χ4n) is 4.55. The molecule has 1 aliphatic rings. The number of rotatable bonds is 10. The average Bonchev–Trinajstić information content (AvgIpc) is 3.14. The number of amides is 3. The van der Waals surface area contributed by atoms with Crippen LogP contribution >= 0.6 is 23.2 Å². The molecule has 1 atom stereocenters. The van der Waals surface area contributed by atoms with E-state index in [1.165, 1.54) is 0 Å². The zero-order valence-corrected chi connectivity index (χ0v) is 21.9. The normalized spacial score (nSPS) is 13.2. The van der Waals surface area contributed by atoms with Crippen LogP contribution in [0.4, 0.5) is 5.69 Å². The highest BCUT2D eigenvalue weighted by atomic mass is 35.5. The molecule has 4 rings (SSSR count). The molecule has 0 aromatic heterocycles. The van der Waals surface area contributed by atoms with Gasteiger partial charge in [0.25, 0.3) is 5.91 Å². The first kappa shape index (κ1) is 26.0. The Bertz CT molecular complexity index is 1310. The monoisotopic (exact) mass is 525 g/mol. The fourth-order valence-corrected chi connectivity index (χ4v) is 5.01. The van der Waals surface area contributed by atoms with Gasteiger partial charge in [0.1, 0.15) is 6.04 Å². The van der Waals surface area contributed by atoms with E-state index < -0.39 is 6.04 Å². The van der Waals surface area contributed by atoms with Crippen molar-refractivity contribution in [1.29, 1.82) is 0 Å². The van der Waals surface area contributed by atoms with E-state index >= 15 is 0 Å². The van der Waals surface area contributed by atoms with E-state index in [-0.39, 0.29) is 30.7 Å². The molecule has 3 aromatic rings. The van der Waals surface area contributed by atoms with E-state index in [9.17, 15) is 14.4 Å². The third kappa shape index (κ3) is 5.35. The summed E-state index contributed by atoms with van der Waals surface area (Å²) in [6.07, 6.45) is 1.45. The fraction of sp³-hybridized carbons (Fsp3) is 0.321. The zero-order chi connectivity index (χ0) is 25.8. The lowest BCUT2D eigenvalue weighted by Crippen LogP contribution is -2.47. The molecule has 188 valence electrons. The lowest BCUT2D eigenvalue weighted by atomic mass is 10.1. The van der Waals surface area contributed by atoms with Crippen molar-refractivity contribution in [1.82, 2.24) is 10.2 Å². The first-order valence-corrected chi connectivity index (χ1v) is 12.9. The van der Waals surface area contributed by atoms with Gasteiger partial charge in [0.05, 0.1) is 5.69 Å². The smallest absolute Gasteiger partial charge is 0.258 e. The van der Waals surface area contributed by atoms with Crippen molar-refractivity contribution in [2.75, 3.05) is 18.0 Å². The van der Waals surface area contributed by atoms with Gasteiger partial charge in [-0.05, 0) is 55.0 Å². The molecule has 3 amide bonds. The van der Waals surface area contributed by atoms with E-state index in [0.29, 0.717) is 40.7 Å². The van der Waals surface area contributed by atoms with Gasteiger partial charge >= 0.3 is 0 Å². The lowest BCUT2D eigenvalue weighted by molar-refractivity contribution is -0.140. The SMILES string of the molecule is CCCNC(=O)[C@H](C)N(Cc1ccc(Cl)cc1Cl)C(=O)CCCN1C(=O)c2cccc3cccc1c23. The maximum Gasteiger partial charge on any atom is 0.258 e. The zero-order valence-electron chi connectivity index (χ0n) is 20.4. The largest absolute Gasteiger partial charge is 0.354 e. The van der Waals surface area contributed by atoms with Crippen molar-refractivity contribution in [3.63, 3.8) is 0 Å². The summed E-state index contributed by atoms with van der Waals surface area (Å²) in [5.74, 6) is -0.443. The van der Waals surface area contributed by atoms with Crippen LogP contribution in [0.25, 0.3) is 10.8 Å². The van der Waals surface area contributed by atoms with Gasteiger partial charge in [-0.25, -0.2) is 0 Å². The molecule has 3 aromatic carbocycles. The van der Waals surface area contributed by atoms with Gasteiger partial charge in [0, 0.05) is 47.1 Å². The number of carbonyl (C=O) groups excluding carboxylic acids is 3. The standard InChI is InChI=1S/C28H29Cl2N3O3/c1-3-14-31-27(35)18(2)33(17-20-12-13-21(29)16-23(20)30)25(34)11-6-15-32-24-10-5-8-19-7-4-9-22(26(19)24)28(32)36/h4-5,7-10,12-13,16,18H,3,6,11,14-15,17H2,1-2H3,(H,31,35)/t18-/m0/s1. The molecule has 0 aliphatic carbocycles. The summed E-state index contributed by atoms with van der Waals surface area (Å²) < 4.78 is 0. The summed E-state index contributed by atoms with van der Waals surface area (Å²) in [4.78, 5) is 42.4. The number of nitrogens with one attached hydrogen (secondary N) is 1. The number of hydrogen-bond donors (Lipinski definition) is 1. The molecule has 0 unspecified atom stereocenters. The second-order valence-corrected chi connectivity index (χ2v) is 9.81. The van der Waals surface area contributed by atoms with Crippen LogP contribution in [0.15, 0.2) is 54.6 Å². The van der Waals surface area contributed by atoms with Gasteiger partial charge in [0.2, 0.25) is 11.8 Å². The van der Waals surface area contributed by atoms with E-state index in [2.05, 4.69) is 5.32 Å². The van der Waals surface area contributed by atoms with E-state index in [1.807, 2.05) is 43.3 Å². The maximum absolute atomic E-state index is 13.4.